The van der Waals surface area contributed by atoms with Crippen molar-refractivity contribution < 1.29 is 76.8 Å². The lowest BCUT2D eigenvalue weighted by Crippen LogP contribution is -2.64. The maximum atomic E-state index is 12.1. The van der Waals surface area contributed by atoms with Gasteiger partial charge in [0, 0.05) is 41.9 Å². The Bertz CT molecular complexity index is 904. The SMILES string of the molecule is COC(OC)[C@@H]1OC(C)(C)O[C@H]1[C@H](O[C@@H]1O[C@H](COC(C)=O)[C@H](OC(C)=O)[C@H](OC(C)=O)[C@H]1OC(C)=O)[C@H](O)CO. The second kappa shape index (κ2) is 15.2. The molecule has 0 spiro atoms. The molecule has 0 saturated carbocycles. The minimum Gasteiger partial charge on any atom is -0.463 e. The number of rotatable bonds is 13. The van der Waals surface area contributed by atoms with E-state index in [9.17, 15) is 29.4 Å². The van der Waals surface area contributed by atoms with E-state index < -0.39 is 104 Å². The Morgan fingerprint density at radius 2 is 1.32 bits per heavy atom. The first-order chi connectivity index (χ1) is 19.1. The Kier molecular flexibility index (Phi) is 12.8. The smallest absolute Gasteiger partial charge is 0.303 e. The molecular weight excluding hydrogens is 556 g/mol. The van der Waals surface area contributed by atoms with Crippen LogP contribution in [0.5, 0.6) is 0 Å². The molecule has 0 unspecified atom stereocenters. The van der Waals surface area contributed by atoms with Crippen molar-refractivity contribution in [3.05, 3.63) is 0 Å². The van der Waals surface area contributed by atoms with Crippen LogP contribution in [0.15, 0.2) is 0 Å². The summed E-state index contributed by atoms with van der Waals surface area (Å²) in [5.74, 6) is -4.39. The molecule has 0 aromatic heterocycles. The second-order valence-electron chi connectivity index (χ2n) is 9.82. The maximum Gasteiger partial charge on any atom is 0.303 e. The molecule has 2 fully saturated rings. The predicted octanol–water partition coefficient (Wildman–Crippen LogP) is -1.05. The molecule has 16 heteroatoms. The second-order valence-corrected chi connectivity index (χ2v) is 9.82. The van der Waals surface area contributed by atoms with Crippen molar-refractivity contribution in [3.63, 3.8) is 0 Å². The van der Waals surface area contributed by atoms with Gasteiger partial charge < -0.3 is 57.6 Å². The summed E-state index contributed by atoms with van der Waals surface area (Å²) in [5.41, 5.74) is 0. The molecule has 0 amide bonds. The Hall–Kier alpha value is -2.44. The Morgan fingerprint density at radius 3 is 1.80 bits per heavy atom. The number of hydrogen-bond donors (Lipinski definition) is 2. The monoisotopic (exact) mass is 596 g/mol. The molecule has 0 aliphatic carbocycles. The zero-order valence-corrected chi connectivity index (χ0v) is 24.3. The van der Waals surface area contributed by atoms with Gasteiger partial charge >= 0.3 is 23.9 Å². The minimum absolute atomic E-state index is 0.487. The van der Waals surface area contributed by atoms with Gasteiger partial charge in [-0.1, -0.05) is 0 Å². The minimum atomic E-state index is -1.65. The van der Waals surface area contributed by atoms with Gasteiger partial charge in [0.15, 0.2) is 36.7 Å². The first-order valence-electron chi connectivity index (χ1n) is 12.8. The predicted molar refractivity (Wildman–Crippen MR) is 132 cm³/mol. The highest BCUT2D eigenvalue weighted by atomic mass is 16.8. The average molecular weight is 597 g/mol. The van der Waals surface area contributed by atoms with Crippen LogP contribution in [0.3, 0.4) is 0 Å². The van der Waals surface area contributed by atoms with Gasteiger partial charge in [-0.2, -0.15) is 0 Å². The van der Waals surface area contributed by atoms with Gasteiger partial charge in [0.1, 0.15) is 37.1 Å². The van der Waals surface area contributed by atoms with E-state index in [-0.39, 0.29) is 0 Å². The van der Waals surface area contributed by atoms with E-state index in [1.165, 1.54) is 14.2 Å². The summed E-state index contributed by atoms with van der Waals surface area (Å²) in [6.45, 7) is 6.27. The van der Waals surface area contributed by atoms with E-state index in [2.05, 4.69) is 0 Å². The quantitative estimate of drug-likeness (QED) is 0.148. The van der Waals surface area contributed by atoms with Crippen LogP contribution in [0.4, 0.5) is 0 Å². The van der Waals surface area contributed by atoms with Gasteiger partial charge in [-0.25, -0.2) is 0 Å². The molecule has 2 saturated heterocycles. The van der Waals surface area contributed by atoms with Crippen molar-refractivity contribution in [2.45, 2.75) is 109 Å². The molecule has 9 atom stereocenters. The zero-order valence-electron chi connectivity index (χ0n) is 24.3. The fraction of sp³-hybridized carbons (Fsp3) is 0.840. The van der Waals surface area contributed by atoms with Crippen LogP contribution in [-0.2, 0) is 66.5 Å². The number of hydrogen-bond acceptors (Lipinski definition) is 16. The normalized spacial score (nSPS) is 30.8. The molecule has 0 aromatic carbocycles. The van der Waals surface area contributed by atoms with Crippen molar-refractivity contribution in [3.8, 4) is 0 Å². The van der Waals surface area contributed by atoms with Gasteiger partial charge in [-0.3, -0.25) is 19.2 Å². The van der Waals surface area contributed by atoms with Crippen molar-refractivity contribution >= 4 is 23.9 Å². The Morgan fingerprint density at radius 1 is 0.805 bits per heavy atom. The number of methoxy groups -OCH3 is 2. The lowest BCUT2D eigenvalue weighted by molar-refractivity contribution is -0.331. The lowest BCUT2D eigenvalue weighted by Gasteiger charge is -2.45. The van der Waals surface area contributed by atoms with E-state index >= 15 is 0 Å². The number of aliphatic hydroxyl groups is 2. The van der Waals surface area contributed by atoms with Crippen LogP contribution >= 0.6 is 0 Å². The summed E-state index contributed by atoms with van der Waals surface area (Å²) in [5, 5.41) is 20.7. The summed E-state index contributed by atoms with van der Waals surface area (Å²) < 4.78 is 55.9. The van der Waals surface area contributed by atoms with Gasteiger partial charge in [0.2, 0.25) is 0 Å². The molecule has 2 rings (SSSR count). The number of carbonyl (C=O) groups excluding carboxylic acids is 4. The molecule has 0 radical (unpaired) electrons. The van der Waals surface area contributed by atoms with Crippen LogP contribution in [0.2, 0.25) is 0 Å². The molecular formula is C25H40O16. The van der Waals surface area contributed by atoms with Gasteiger partial charge in [-0.15, -0.1) is 0 Å². The number of carbonyl (C=O) groups is 4. The van der Waals surface area contributed by atoms with E-state index in [1.54, 1.807) is 13.8 Å². The fourth-order valence-corrected chi connectivity index (χ4v) is 4.59. The van der Waals surface area contributed by atoms with Crippen molar-refractivity contribution in [2.24, 2.45) is 0 Å². The van der Waals surface area contributed by atoms with Crippen LogP contribution in [0, 0.1) is 0 Å². The van der Waals surface area contributed by atoms with Crippen molar-refractivity contribution in [2.75, 3.05) is 27.4 Å². The number of esters is 4. The standard InChI is InChI=1S/C25H40O16/c1-11(27)34-10-16-18(35-12(2)28)19(36-13(3)29)21(37-14(4)30)24(38-16)39-17(15(31)9-26)20-22(23(32-7)33-8)41-25(5,6)40-20/h15-24,26,31H,9-10H2,1-8H3/t15-,16-,17-,18+,19+,20+,21-,22-,24+/m1/s1. The maximum absolute atomic E-state index is 12.1. The van der Waals surface area contributed by atoms with Crippen LogP contribution in [0.25, 0.3) is 0 Å². The molecule has 0 aromatic rings. The average Bonchev–Trinajstić information content (AvgIpc) is 3.18. The van der Waals surface area contributed by atoms with Gasteiger partial charge in [0.05, 0.1) is 6.61 Å². The summed E-state index contributed by atoms with van der Waals surface area (Å²) in [7, 11) is 2.72. The highest BCUT2D eigenvalue weighted by molar-refractivity contribution is 5.68. The summed E-state index contributed by atoms with van der Waals surface area (Å²) in [4.78, 5) is 47.8. The molecule has 16 nitrogen and oxygen atoms in total. The van der Waals surface area contributed by atoms with Crippen molar-refractivity contribution in [1.82, 2.24) is 0 Å². The number of aliphatic hydroxyl groups excluding tert-OH is 2. The molecule has 2 heterocycles. The van der Waals surface area contributed by atoms with Crippen LogP contribution < -0.4 is 0 Å². The lowest BCUT2D eigenvalue weighted by atomic mass is 9.97. The van der Waals surface area contributed by atoms with E-state index in [4.69, 9.17) is 47.4 Å². The van der Waals surface area contributed by atoms with Crippen molar-refractivity contribution in [1.29, 1.82) is 0 Å². The number of ether oxygens (including phenoxy) is 10. The Labute approximate surface area is 237 Å². The highest BCUT2D eigenvalue weighted by Crippen LogP contribution is 2.37. The zero-order chi connectivity index (χ0) is 31.1. The van der Waals surface area contributed by atoms with E-state index in [1.807, 2.05) is 0 Å². The molecule has 2 aliphatic rings. The molecule has 2 N–H and O–H groups in total. The van der Waals surface area contributed by atoms with E-state index in [0.717, 1.165) is 27.7 Å². The highest BCUT2D eigenvalue weighted by Gasteiger charge is 2.56. The first-order valence-corrected chi connectivity index (χ1v) is 12.8. The largest absolute Gasteiger partial charge is 0.463 e. The Balaban J connectivity index is 2.58. The third-order valence-electron chi connectivity index (χ3n) is 6.03. The molecule has 2 aliphatic heterocycles. The topological polar surface area (TPSA) is 201 Å². The summed E-state index contributed by atoms with van der Waals surface area (Å²) >= 11 is 0. The van der Waals surface area contributed by atoms with Gasteiger partial charge in [0.25, 0.3) is 0 Å². The van der Waals surface area contributed by atoms with Crippen LogP contribution in [0.1, 0.15) is 41.5 Å². The molecule has 236 valence electrons. The molecule has 0 bridgehead atoms. The summed E-state index contributed by atoms with van der Waals surface area (Å²) in [6, 6.07) is 0. The van der Waals surface area contributed by atoms with E-state index in [0.29, 0.717) is 0 Å². The fourth-order valence-electron chi connectivity index (χ4n) is 4.59. The molecule has 41 heavy (non-hydrogen) atoms. The van der Waals surface area contributed by atoms with Gasteiger partial charge in [-0.05, 0) is 13.8 Å². The summed E-state index contributed by atoms with van der Waals surface area (Å²) in [6.07, 6.45) is -13.7. The third-order valence-corrected chi connectivity index (χ3v) is 6.03. The first kappa shape index (κ1) is 34.8. The van der Waals surface area contributed by atoms with Crippen LogP contribution in [-0.4, -0.2) is 129 Å². The third kappa shape index (κ3) is 9.54.